The third kappa shape index (κ3) is 2.61. The van der Waals surface area contributed by atoms with Gasteiger partial charge in [0.25, 0.3) is 0 Å². The Hall–Kier alpha value is -2.02. The second-order valence-electron chi connectivity index (χ2n) is 5.52. The third-order valence-electron chi connectivity index (χ3n) is 3.92. The van der Waals surface area contributed by atoms with Gasteiger partial charge in [0, 0.05) is 37.1 Å². The van der Waals surface area contributed by atoms with Crippen LogP contribution in [0.3, 0.4) is 0 Å². The molecule has 108 valence electrons. The molecule has 2 aromatic rings. The van der Waals surface area contributed by atoms with Crippen LogP contribution in [-0.2, 0) is 0 Å². The summed E-state index contributed by atoms with van der Waals surface area (Å²) in [6.45, 7) is 1.33. The highest BCUT2D eigenvalue weighted by Crippen LogP contribution is 2.39. The molecule has 0 atom stereocenters. The van der Waals surface area contributed by atoms with Crippen molar-refractivity contribution in [1.29, 1.82) is 0 Å². The quantitative estimate of drug-likeness (QED) is 0.945. The van der Waals surface area contributed by atoms with Gasteiger partial charge in [-0.15, -0.1) is 11.3 Å². The molecular weight excluding hydrogens is 286 g/mol. The summed E-state index contributed by atoms with van der Waals surface area (Å²) in [4.78, 5) is 26.7. The zero-order valence-corrected chi connectivity index (χ0v) is 12.2. The fourth-order valence-electron chi connectivity index (χ4n) is 2.45. The number of likely N-dealkylation sites (tertiary alicyclic amines) is 1. The van der Waals surface area contributed by atoms with E-state index in [9.17, 15) is 4.79 Å². The first-order valence-electron chi connectivity index (χ1n) is 7.07. The van der Waals surface area contributed by atoms with Crippen molar-refractivity contribution in [2.24, 2.45) is 0 Å². The molecule has 1 N–H and O–H groups in total. The first kappa shape index (κ1) is 12.7. The molecule has 1 aliphatic carbocycles. The zero-order valence-electron chi connectivity index (χ0n) is 11.4. The number of nitrogens with zero attached hydrogens (tertiary/aromatic N) is 4. The van der Waals surface area contributed by atoms with Crippen LogP contribution >= 0.6 is 11.3 Å². The van der Waals surface area contributed by atoms with Crippen LogP contribution in [0, 0.1) is 0 Å². The van der Waals surface area contributed by atoms with Crippen molar-refractivity contribution >= 4 is 22.5 Å². The summed E-state index contributed by atoms with van der Waals surface area (Å²) >= 11 is 1.42. The van der Waals surface area contributed by atoms with Gasteiger partial charge in [-0.1, -0.05) is 0 Å². The lowest BCUT2D eigenvalue weighted by atomic mass is 10.00. The van der Waals surface area contributed by atoms with Crippen LogP contribution in [0.15, 0.2) is 24.0 Å². The van der Waals surface area contributed by atoms with E-state index < -0.39 is 0 Å². The molecule has 0 bridgehead atoms. The molecule has 0 spiro atoms. The van der Waals surface area contributed by atoms with Gasteiger partial charge in [0.05, 0.1) is 5.92 Å². The summed E-state index contributed by atoms with van der Waals surface area (Å²) in [5.41, 5.74) is 1.25. The maximum Gasteiger partial charge on any atom is 0.323 e. The molecule has 2 aliphatic rings. The van der Waals surface area contributed by atoms with Crippen LogP contribution in [0.5, 0.6) is 0 Å². The average Bonchev–Trinajstić information content (AvgIpc) is 3.17. The summed E-state index contributed by atoms with van der Waals surface area (Å²) < 4.78 is 0. The molecule has 4 rings (SSSR count). The molecule has 1 saturated heterocycles. The largest absolute Gasteiger partial charge is 0.323 e. The molecule has 0 unspecified atom stereocenters. The minimum Gasteiger partial charge on any atom is -0.323 e. The molecule has 1 saturated carbocycles. The number of anilines is 1. The van der Waals surface area contributed by atoms with Gasteiger partial charge in [0.15, 0.2) is 5.13 Å². The second kappa shape index (κ2) is 5.07. The summed E-state index contributed by atoms with van der Waals surface area (Å²) in [7, 11) is 0. The highest BCUT2D eigenvalue weighted by atomic mass is 32.1. The molecule has 2 aromatic heterocycles. The Morgan fingerprint density at radius 2 is 1.95 bits per heavy atom. The standard InChI is InChI=1S/C14H15N5OS/c20-14(18-13-15-3-4-21-13)19-7-11(8-19)12-16-5-10(6-17-12)9-1-2-9/h3-6,9,11H,1-2,7-8H2,(H,15,18,20). The van der Waals surface area contributed by atoms with Crippen molar-refractivity contribution in [2.75, 3.05) is 18.4 Å². The van der Waals surface area contributed by atoms with Crippen LogP contribution < -0.4 is 5.32 Å². The number of nitrogens with one attached hydrogen (secondary N) is 1. The predicted molar refractivity (Wildman–Crippen MR) is 79.5 cm³/mol. The van der Waals surface area contributed by atoms with E-state index in [1.807, 2.05) is 17.8 Å². The number of hydrogen-bond acceptors (Lipinski definition) is 5. The first-order chi connectivity index (χ1) is 10.3. The Balaban J connectivity index is 1.32. The highest BCUT2D eigenvalue weighted by Gasteiger charge is 2.34. The van der Waals surface area contributed by atoms with Crippen LogP contribution in [0.4, 0.5) is 9.93 Å². The number of aromatic nitrogens is 3. The number of carbonyl (C=O) groups is 1. The van der Waals surface area contributed by atoms with Crippen molar-refractivity contribution in [3.05, 3.63) is 35.4 Å². The maximum atomic E-state index is 12.0. The summed E-state index contributed by atoms with van der Waals surface area (Å²) in [5, 5.41) is 5.25. The van der Waals surface area contributed by atoms with Crippen molar-refractivity contribution < 1.29 is 4.79 Å². The Kier molecular flexibility index (Phi) is 3.07. The Labute approximate surface area is 126 Å². The van der Waals surface area contributed by atoms with Gasteiger partial charge in [0.2, 0.25) is 0 Å². The SMILES string of the molecule is O=C(Nc1nccs1)N1CC(c2ncc(C3CC3)cn2)C1. The number of carbonyl (C=O) groups excluding carboxylic acids is 1. The lowest BCUT2D eigenvalue weighted by Crippen LogP contribution is -2.50. The number of rotatable bonds is 3. The first-order valence-corrected chi connectivity index (χ1v) is 7.95. The van der Waals surface area contributed by atoms with E-state index in [0.717, 1.165) is 5.82 Å². The highest BCUT2D eigenvalue weighted by molar-refractivity contribution is 7.13. The Morgan fingerprint density at radius 1 is 1.19 bits per heavy atom. The lowest BCUT2D eigenvalue weighted by Gasteiger charge is -2.37. The van der Waals surface area contributed by atoms with E-state index in [-0.39, 0.29) is 11.9 Å². The minimum atomic E-state index is -0.101. The second-order valence-corrected chi connectivity index (χ2v) is 6.41. The van der Waals surface area contributed by atoms with E-state index in [0.29, 0.717) is 24.1 Å². The molecular formula is C14H15N5OS. The van der Waals surface area contributed by atoms with Crippen molar-refractivity contribution in [3.63, 3.8) is 0 Å². The van der Waals surface area contributed by atoms with Crippen molar-refractivity contribution in [3.8, 4) is 0 Å². The van der Waals surface area contributed by atoms with E-state index in [1.54, 1.807) is 11.1 Å². The van der Waals surface area contributed by atoms with E-state index in [4.69, 9.17) is 0 Å². The average molecular weight is 301 g/mol. The molecule has 3 heterocycles. The van der Waals surface area contributed by atoms with Crippen molar-refractivity contribution in [2.45, 2.75) is 24.7 Å². The molecule has 0 aromatic carbocycles. The van der Waals surface area contributed by atoms with E-state index in [2.05, 4.69) is 20.3 Å². The lowest BCUT2D eigenvalue weighted by molar-refractivity contribution is 0.160. The van der Waals surface area contributed by atoms with Gasteiger partial charge in [-0.2, -0.15) is 0 Å². The predicted octanol–water partition coefficient (Wildman–Crippen LogP) is 2.44. The van der Waals surface area contributed by atoms with E-state index in [1.165, 1.54) is 29.7 Å². The normalized spacial score (nSPS) is 18.4. The number of hydrogen-bond donors (Lipinski definition) is 1. The van der Waals surface area contributed by atoms with Gasteiger partial charge in [-0.05, 0) is 24.3 Å². The monoisotopic (exact) mass is 301 g/mol. The fraction of sp³-hybridized carbons (Fsp3) is 0.429. The molecule has 2 fully saturated rings. The third-order valence-corrected chi connectivity index (χ3v) is 4.61. The molecule has 6 nitrogen and oxygen atoms in total. The van der Waals surface area contributed by atoms with Crippen LogP contribution in [0.25, 0.3) is 0 Å². The molecule has 7 heteroatoms. The molecule has 1 aliphatic heterocycles. The van der Waals surface area contributed by atoms with Gasteiger partial charge in [0.1, 0.15) is 5.82 Å². The minimum absolute atomic E-state index is 0.101. The Bertz CT molecular complexity index is 632. The van der Waals surface area contributed by atoms with Gasteiger partial charge < -0.3 is 4.90 Å². The maximum absolute atomic E-state index is 12.0. The summed E-state index contributed by atoms with van der Waals surface area (Å²) in [6.07, 6.45) is 8.08. The smallest absolute Gasteiger partial charge is 0.323 e. The van der Waals surface area contributed by atoms with Crippen LogP contribution in [0.2, 0.25) is 0 Å². The van der Waals surface area contributed by atoms with Crippen molar-refractivity contribution in [1.82, 2.24) is 19.9 Å². The fourth-order valence-corrected chi connectivity index (χ4v) is 2.97. The zero-order chi connectivity index (χ0) is 14.2. The van der Waals surface area contributed by atoms with Gasteiger partial charge >= 0.3 is 6.03 Å². The van der Waals surface area contributed by atoms with Crippen LogP contribution in [0.1, 0.15) is 36.1 Å². The number of urea groups is 1. The van der Waals surface area contributed by atoms with E-state index >= 15 is 0 Å². The summed E-state index contributed by atoms with van der Waals surface area (Å²) in [6, 6.07) is -0.101. The number of amides is 2. The molecule has 2 amide bonds. The Morgan fingerprint density at radius 3 is 2.57 bits per heavy atom. The van der Waals surface area contributed by atoms with Gasteiger partial charge in [-0.3, -0.25) is 5.32 Å². The number of thiazole rings is 1. The summed E-state index contributed by atoms with van der Waals surface area (Å²) in [5.74, 6) is 1.78. The van der Waals surface area contributed by atoms with Crippen LogP contribution in [-0.4, -0.2) is 39.0 Å². The molecule has 0 radical (unpaired) electrons. The topological polar surface area (TPSA) is 71.0 Å². The van der Waals surface area contributed by atoms with Gasteiger partial charge in [-0.25, -0.2) is 19.7 Å². The molecule has 21 heavy (non-hydrogen) atoms.